The highest BCUT2D eigenvalue weighted by atomic mass is 16.5. The lowest BCUT2D eigenvalue weighted by Gasteiger charge is -2.12. The number of nitrogens with two attached hydrogens (primary N) is 1. The normalized spacial score (nSPS) is 12.8. The summed E-state index contributed by atoms with van der Waals surface area (Å²) >= 11 is 0. The largest absolute Gasteiger partial charge is 0.388 e. The van der Waals surface area contributed by atoms with Gasteiger partial charge < -0.3 is 15.6 Å². The number of hydrogen-bond donors (Lipinski definition) is 2. The smallest absolute Gasteiger partial charge is 0.129 e. The molecule has 1 aromatic heterocycles. The van der Waals surface area contributed by atoms with Crippen LogP contribution in [0.25, 0.3) is 0 Å². The molecule has 0 radical (unpaired) electrons. The molecule has 4 heteroatoms. The highest BCUT2D eigenvalue weighted by Gasteiger charge is 2.11. The number of aromatic nitrogens is 1. The fourth-order valence-corrected chi connectivity index (χ4v) is 1.25. The summed E-state index contributed by atoms with van der Waals surface area (Å²) in [5.41, 5.74) is 7.32. The van der Waals surface area contributed by atoms with Crippen LogP contribution in [-0.2, 0) is 4.74 Å². The fourth-order valence-electron chi connectivity index (χ4n) is 1.25. The second kappa shape index (κ2) is 4.93. The summed E-state index contributed by atoms with van der Waals surface area (Å²) in [4.78, 5) is 3.98. The van der Waals surface area contributed by atoms with Gasteiger partial charge in [-0.25, -0.2) is 4.98 Å². The standard InChI is InChI=1S/C10H16N2O2/c1-7-5-8(10(11)12-6-7)9(13)3-4-14-2/h5-6,9,13H,3-4H2,1-2H3,(H2,11,12). The number of hydrogen-bond acceptors (Lipinski definition) is 4. The molecule has 0 amide bonds. The van der Waals surface area contributed by atoms with Crippen molar-refractivity contribution in [1.82, 2.24) is 4.98 Å². The predicted molar refractivity (Wildman–Crippen MR) is 54.8 cm³/mol. The van der Waals surface area contributed by atoms with E-state index in [-0.39, 0.29) is 0 Å². The number of nitrogens with zero attached hydrogens (tertiary/aromatic N) is 1. The molecule has 0 aliphatic heterocycles. The second-order valence-corrected chi connectivity index (χ2v) is 3.28. The van der Waals surface area contributed by atoms with E-state index in [1.165, 1.54) is 0 Å². The number of aryl methyl sites for hydroxylation is 1. The molecule has 78 valence electrons. The van der Waals surface area contributed by atoms with Gasteiger partial charge in [0.05, 0.1) is 6.10 Å². The quantitative estimate of drug-likeness (QED) is 0.755. The lowest BCUT2D eigenvalue weighted by molar-refractivity contribution is 0.111. The number of aliphatic hydroxyl groups excluding tert-OH is 1. The zero-order chi connectivity index (χ0) is 10.6. The van der Waals surface area contributed by atoms with Crippen molar-refractivity contribution >= 4 is 5.82 Å². The summed E-state index contributed by atoms with van der Waals surface area (Å²) in [6, 6.07) is 1.85. The molecule has 1 unspecified atom stereocenters. The van der Waals surface area contributed by atoms with Crippen molar-refractivity contribution < 1.29 is 9.84 Å². The van der Waals surface area contributed by atoms with Gasteiger partial charge in [0, 0.05) is 31.9 Å². The Morgan fingerprint density at radius 1 is 1.64 bits per heavy atom. The predicted octanol–water partition coefficient (Wildman–Crippen LogP) is 1.04. The molecule has 0 bridgehead atoms. The molecule has 0 aliphatic carbocycles. The molecule has 0 aliphatic rings. The van der Waals surface area contributed by atoms with Gasteiger partial charge in [0.1, 0.15) is 5.82 Å². The van der Waals surface area contributed by atoms with Gasteiger partial charge in [0.2, 0.25) is 0 Å². The first-order valence-corrected chi connectivity index (χ1v) is 4.54. The Labute approximate surface area is 83.7 Å². The number of ether oxygens (including phenoxy) is 1. The van der Waals surface area contributed by atoms with Gasteiger partial charge in [-0.05, 0) is 18.6 Å². The molecule has 14 heavy (non-hydrogen) atoms. The van der Waals surface area contributed by atoms with E-state index in [1.807, 2.05) is 13.0 Å². The van der Waals surface area contributed by atoms with Crippen LogP contribution in [0.3, 0.4) is 0 Å². The van der Waals surface area contributed by atoms with E-state index in [0.29, 0.717) is 24.4 Å². The molecular formula is C10H16N2O2. The third-order valence-electron chi connectivity index (χ3n) is 2.04. The molecule has 0 fully saturated rings. The van der Waals surface area contributed by atoms with E-state index in [4.69, 9.17) is 10.5 Å². The molecule has 0 aromatic carbocycles. The molecular weight excluding hydrogens is 180 g/mol. The second-order valence-electron chi connectivity index (χ2n) is 3.28. The van der Waals surface area contributed by atoms with Crippen molar-refractivity contribution in [2.45, 2.75) is 19.4 Å². The number of methoxy groups -OCH3 is 1. The monoisotopic (exact) mass is 196 g/mol. The van der Waals surface area contributed by atoms with E-state index in [2.05, 4.69) is 4.98 Å². The molecule has 0 saturated carbocycles. The average Bonchev–Trinajstić information content (AvgIpc) is 2.18. The molecule has 0 spiro atoms. The van der Waals surface area contributed by atoms with Crippen LogP contribution in [0, 0.1) is 6.92 Å². The van der Waals surface area contributed by atoms with Gasteiger partial charge in [-0.15, -0.1) is 0 Å². The maximum atomic E-state index is 9.76. The highest BCUT2D eigenvalue weighted by molar-refractivity contribution is 5.42. The number of anilines is 1. The highest BCUT2D eigenvalue weighted by Crippen LogP contribution is 2.21. The Balaban J connectivity index is 2.77. The van der Waals surface area contributed by atoms with Crippen LogP contribution < -0.4 is 5.73 Å². The van der Waals surface area contributed by atoms with Crippen LogP contribution >= 0.6 is 0 Å². The Morgan fingerprint density at radius 3 is 3.00 bits per heavy atom. The molecule has 1 heterocycles. The Morgan fingerprint density at radius 2 is 2.36 bits per heavy atom. The molecule has 1 rings (SSSR count). The minimum Gasteiger partial charge on any atom is -0.388 e. The van der Waals surface area contributed by atoms with Crippen molar-refractivity contribution in [2.75, 3.05) is 19.5 Å². The minimum absolute atomic E-state index is 0.388. The summed E-state index contributed by atoms with van der Waals surface area (Å²) in [5, 5.41) is 9.76. The van der Waals surface area contributed by atoms with E-state index < -0.39 is 6.10 Å². The van der Waals surface area contributed by atoms with Gasteiger partial charge in [-0.2, -0.15) is 0 Å². The molecule has 1 atom stereocenters. The van der Waals surface area contributed by atoms with E-state index in [1.54, 1.807) is 13.3 Å². The van der Waals surface area contributed by atoms with Crippen molar-refractivity contribution in [2.24, 2.45) is 0 Å². The Hall–Kier alpha value is -1.13. The number of pyridine rings is 1. The lowest BCUT2D eigenvalue weighted by atomic mass is 10.1. The van der Waals surface area contributed by atoms with Crippen molar-refractivity contribution in [3.63, 3.8) is 0 Å². The van der Waals surface area contributed by atoms with Crippen molar-refractivity contribution in [1.29, 1.82) is 0 Å². The number of aliphatic hydroxyl groups is 1. The van der Waals surface area contributed by atoms with Crippen LogP contribution in [0.1, 0.15) is 23.7 Å². The van der Waals surface area contributed by atoms with Gasteiger partial charge in [-0.3, -0.25) is 0 Å². The summed E-state index contributed by atoms with van der Waals surface area (Å²) in [5.74, 6) is 0.388. The third kappa shape index (κ3) is 2.68. The van der Waals surface area contributed by atoms with E-state index in [0.717, 1.165) is 5.56 Å². The number of nitrogen functional groups attached to an aromatic ring is 1. The van der Waals surface area contributed by atoms with Gasteiger partial charge >= 0.3 is 0 Å². The first kappa shape index (κ1) is 10.9. The van der Waals surface area contributed by atoms with Crippen LogP contribution in [0.5, 0.6) is 0 Å². The zero-order valence-corrected chi connectivity index (χ0v) is 8.53. The van der Waals surface area contributed by atoms with Crippen LogP contribution in [0.15, 0.2) is 12.3 Å². The van der Waals surface area contributed by atoms with Crippen molar-refractivity contribution in [3.05, 3.63) is 23.4 Å². The van der Waals surface area contributed by atoms with Crippen LogP contribution in [-0.4, -0.2) is 23.8 Å². The van der Waals surface area contributed by atoms with Crippen molar-refractivity contribution in [3.8, 4) is 0 Å². The van der Waals surface area contributed by atoms with Gasteiger partial charge in [-0.1, -0.05) is 0 Å². The summed E-state index contributed by atoms with van der Waals surface area (Å²) < 4.78 is 4.88. The maximum absolute atomic E-state index is 9.76. The zero-order valence-electron chi connectivity index (χ0n) is 8.53. The van der Waals surface area contributed by atoms with Crippen LogP contribution in [0.2, 0.25) is 0 Å². The Bertz CT molecular complexity index is 302. The minimum atomic E-state index is -0.595. The van der Waals surface area contributed by atoms with E-state index >= 15 is 0 Å². The lowest BCUT2D eigenvalue weighted by Crippen LogP contribution is -2.06. The first-order valence-electron chi connectivity index (χ1n) is 4.54. The molecule has 3 N–H and O–H groups in total. The Kier molecular flexibility index (Phi) is 3.85. The third-order valence-corrected chi connectivity index (χ3v) is 2.04. The maximum Gasteiger partial charge on any atom is 0.129 e. The SMILES string of the molecule is COCCC(O)c1cc(C)cnc1N. The van der Waals surface area contributed by atoms with Gasteiger partial charge in [0.15, 0.2) is 0 Å². The van der Waals surface area contributed by atoms with E-state index in [9.17, 15) is 5.11 Å². The average molecular weight is 196 g/mol. The van der Waals surface area contributed by atoms with Crippen LogP contribution in [0.4, 0.5) is 5.82 Å². The summed E-state index contributed by atoms with van der Waals surface area (Å²) in [6.45, 7) is 2.42. The first-order chi connectivity index (χ1) is 6.65. The topological polar surface area (TPSA) is 68.4 Å². The molecule has 1 aromatic rings. The number of rotatable bonds is 4. The molecule has 4 nitrogen and oxygen atoms in total. The molecule has 0 saturated heterocycles. The summed E-state index contributed by atoms with van der Waals surface area (Å²) in [6.07, 6.45) is 1.62. The van der Waals surface area contributed by atoms with Gasteiger partial charge in [0.25, 0.3) is 0 Å². The fraction of sp³-hybridized carbons (Fsp3) is 0.500. The summed E-state index contributed by atoms with van der Waals surface area (Å²) in [7, 11) is 1.60.